The van der Waals surface area contributed by atoms with E-state index in [0.29, 0.717) is 0 Å². The van der Waals surface area contributed by atoms with Gasteiger partial charge in [-0.15, -0.1) is 23.3 Å². The fraction of sp³-hybridized carbons (Fsp3) is 0.0769. The van der Waals surface area contributed by atoms with Crippen LogP contribution in [0.3, 0.4) is 0 Å². The van der Waals surface area contributed by atoms with Gasteiger partial charge in [-0.25, -0.2) is 0 Å². The zero-order chi connectivity index (χ0) is 11.0. The quantitative estimate of drug-likeness (QED) is 0.646. The molecule has 0 saturated heterocycles. The summed E-state index contributed by atoms with van der Waals surface area (Å²) in [4.78, 5) is 4.35. The SMILES string of the molecule is Cc1ccnc2c(-c3ccccc3)[c-]nn12.[Y]. The summed E-state index contributed by atoms with van der Waals surface area (Å²) in [6.45, 7) is 2.00. The molecule has 3 nitrogen and oxygen atoms in total. The molecule has 17 heavy (non-hydrogen) atoms. The molecule has 2 heterocycles. The van der Waals surface area contributed by atoms with E-state index in [-0.39, 0.29) is 32.7 Å². The van der Waals surface area contributed by atoms with Gasteiger partial charge >= 0.3 is 0 Å². The first-order valence-electron chi connectivity index (χ1n) is 5.14. The minimum Gasteiger partial charge on any atom is -0.301 e. The molecule has 3 aromatic rings. The predicted octanol–water partition coefficient (Wildman–Crippen LogP) is 2.50. The first kappa shape index (κ1) is 12.4. The molecule has 0 aliphatic rings. The van der Waals surface area contributed by atoms with E-state index >= 15 is 0 Å². The Labute approximate surface area is 125 Å². The normalized spacial score (nSPS) is 10.2. The van der Waals surface area contributed by atoms with Crippen LogP contribution in [0.2, 0.25) is 0 Å². The topological polar surface area (TPSA) is 30.2 Å². The van der Waals surface area contributed by atoms with Crippen LogP contribution in [0.25, 0.3) is 16.8 Å². The number of nitrogens with zero attached hydrogens (tertiary/aromatic N) is 3. The summed E-state index contributed by atoms with van der Waals surface area (Å²) in [7, 11) is 0. The predicted molar refractivity (Wildman–Crippen MR) is 62.0 cm³/mol. The van der Waals surface area contributed by atoms with Gasteiger partial charge in [0.25, 0.3) is 0 Å². The van der Waals surface area contributed by atoms with Gasteiger partial charge in [-0.1, -0.05) is 18.2 Å². The van der Waals surface area contributed by atoms with Crippen LogP contribution >= 0.6 is 0 Å². The van der Waals surface area contributed by atoms with Gasteiger partial charge in [0.15, 0.2) is 0 Å². The zero-order valence-electron chi connectivity index (χ0n) is 9.46. The van der Waals surface area contributed by atoms with E-state index in [4.69, 9.17) is 0 Å². The first-order valence-corrected chi connectivity index (χ1v) is 5.14. The number of hydrogen-bond donors (Lipinski definition) is 0. The third-order valence-corrected chi connectivity index (χ3v) is 2.60. The van der Waals surface area contributed by atoms with Gasteiger partial charge in [-0.3, -0.25) is 9.61 Å². The van der Waals surface area contributed by atoms with Crippen LogP contribution in [0.15, 0.2) is 42.6 Å². The summed E-state index contributed by atoms with van der Waals surface area (Å²) < 4.78 is 1.81. The van der Waals surface area contributed by atoms with Crippen molar-refractivity contribution in [1.29, 1.82) is 0 Å². The zero-order valence-corrected chi connectivity index (χ0v) is 12.3. The summed E-state index contributed by atoms with van der Waals surface area (Å²) in [5.74, 6) is 0. The Kier molecular flexibility index (Phi) is 3.70. The maximum absolute atomic E-state index is 4.35. The van der Waals surface area contributed by atoms with Gasteiger partial charge in [0.05, 0.1) is 0 Å². The van der Waals surface area contributed by atoms with Crippen molar-refractivity contribution >= 4 is 5.65 Å². The van der Waals surface area contributed by atoms with Crippen molar-refractivity contribution in [3.05, 3.63) is 54.5 Å². The molecule has 0 amide bonds. The maximum Gasteiger partial charge on any atom is 0.0499 e. The van der Waals surface area contributed by atoms with Crippen molar-refractivity contribution in [2.24, 2.45) is 0 Å². The molecule has 0 bridgehead atoms. The third-order valence-electron chi connectivity index (χ3n) is 2.60. The largest absolute Gasteiger partial charge is 0.301 e. The molecule has 0 unspecified atom stereocenters. The van der Waals surface area contributed by atoms with Crippen LogP contribution in [0.1, 0.15) is 5.69 Å². The molecule has 0 aliphatic carbocycles. The van der Waals surface area contributed by atoms with Crippen molar-refractivity contribution < 1.29 is 32.7 Å². The fourth-order valence-electron chi connectivity index (χ4n) is 1.75. The van der Waals surface area contributed by atoms with E-state index in [1.54, 1.807) is 6.20 Å². The molecule has 81 valence electrons. The third kappa shape index (κ3) is 2.17. The molecule has 0 saturated carbocycles. The van der Waals surface area contributed by atoms with E-state index in [1.807, 2.05) is 47.8 Å². The summed E-state index contributed by atoms with van der Waals surface area (Å²) in [6.07, 6.45) is 4.82. The Hall–Kier alpha value is -1.06. The Morgan fingerprint density at radius 2 is 1.88 bits per heavy atom. The second-order valence-corrected chi connectivity index (χ2v) is 3.67. The van der Waals surface area contributed by atoms with Crippen molar-refractivity contribution in [3.63, 3.8) is 0 Å². The van der Waals surface area contributed by atoms with Crippen molar-refractivity contribution in [2.75, 3.05) is 0 Å². The smallest absolute Gasteiger partial charge is 0.0499 e. The van der Waals surface area contributed by atoms with E-state index in [9.17, 15) is 0 Å². The van der Waals surface area contributed by atoms with Crippen LogP contribution in [-0.4, -0.2) is 14.6 Å². The number of hydrogen-bond acceptors (Lipinski definition) is 2. The second-order valence-electron chi connectivity index (χ2n) is 3.67. The summed E-state index contributed by atoms with van der Waals surface area (Å²) in [5.41, 5.74) is 3.95. The van der Waals surface area contributed by atoms with E-state index in [0.717, 1.165) is 22.5 Å². The van der Waals surface area contributed by atoms with Crippen LogP contribution < -0.4 is 0 Å². The molecule has 3 rings (SSSR count). The van der Waals surface area contributed by atoms with Gasteiger partial charge in [0, 0.05) is 50.2 Å². The average Bonchev–Trinajstić information content (AvgIpc) is 2.75. The van der Waals surface area contributed by atoms with Crippen molar-refractivity contribution in [3.8, 4) is 11.1 Å². The van der Waals surface area contributed by atoms with Gasteiger partial charge in [-0.2, -0.15) is 0 Å². The molecule has 0 aliphatic heterocycles. The molecule has 1 aromatic carbocycles. The standard InChI is InChI=1S/C13H10N3.Y/c1-10-7-8-14-13-12(9-15-16(10)13)11-5-3-2-4-6-11;/h2-8H,1H3;/q-1;. The molecular weight excluding hydrogens is 287 g/mol. The molecule has 1 radical (unpaired) electrons. The number of aryl methyl sites for hydroxylation is 1. The Bertz CT molecular complexity index is 631. The minimum atomic E-state index is 0. The van der Waals surface area contributed by atoms with Crippen LogP contribution in [0, 0.1) is 13.1 Å². The molecule has 0 N–H and O–H groups in total. The number of benzene rings is 1. The number of rotatable bonds is 1. The minimum absolute atomic E-state index is 0. The summed E-state index contributed by atoms with van der Waals surface area (Å²) >= 11 is 0. The van der Waals surface area contributed by atoms with E-state index in [1.165, 1.54) is 0 Å². The van der Waals surface area contributed by atoms with Crippen molar-refractivity contribution in [1.82, 2.24) is 14.6 Å². The second kappa shape index (κ2) is 5.07. The summed E-state index contributed by atoms with van der Waals surface area (Å²) in [6, 6.07) is 12.0. The molecule has 4 heteroatoms. The van der Waals surface area contributed by atoms with Crippen LogP contribution in [-0.2, 0) is 32.7 Å². The monoisotopic (exact) mass is 297 g/mol. The average molecular weight is 297 g/mol. The Balaban J connectivity index is 0.00000108. The molecule has 0 fully saturated rings. The summed E-state index contributed by atoms with van der Waals surface area (Å²) in [5, 5.41) is 4.22. The van der Waals surface area contributed by atoms with Gasteiger partial charge in [-0.05, 0) is 19.2 Å². The van der Waals surface area contributed by atoms with Gasteiger partial charge in [0.1, 0.15) is 0 Å². The maximum atomic E-state index is 4.35. The van der Waals surface area contributed by atoms with Gasteiger partial charge < -0.3 is 4.98 Å². The number of aromatic nitrogens is 3. The molecule has 0 spiro atoms. The van der Waals surface area contributed by atoms with E-state index < -0.39 is 0 Å². The number of fused-ring (bicyclic) bond motifs is 1. The fourth-order valence-corrected chi connectivity index (χ4v) is 1.75. The van der Waals surface area contributed by atoms with Crippen LogP contribution in [0.5, 0.6) is 0 Å². The first-order chi connectivity index (χ1) is 7.86. The Morgan fingerprint density at radius 1 is 1.12 bits per heavy atom. The molecule has 0 atom stereocenters. The van der Waals surface area contributed by atoms with Crippen molar-refractivity contribution in [2.45, 2.75) is 6.92 Å². The molecular formula is C13H10N3Y-. The molecule has 2 aromatic heterocycles. The van der Waals surface area contributed by atoms with E-state index in [2.05, 4.69) is 16.3 Å². The van der Waals surface area contributed by atoms with Crippen LogP contribution in [0.4, 0.5) is 0 Å². The Morgan fingerprint density at radius 3 is 2.65 bits per heavy atom. The van der Waals surface area contributed by atoms with Gasteiger partial charge in [0.2, 0.25) is 0 Å².